The molecule has 17 heavy (non-hydrogen) atoms. The summed E-state index contributed by atoms with van der Waals surface area (Å²) in [6.45, 7) is 2.00. The van der Waals surface area contributed by atoms with E-state index in [4.69, 9.17) is 0 Å². The van der Waals surface area contributed by atoms with Gasteiger partial charge in [0, 0.05) is 11.1 Å². The van der Waals surface area contributed by atoms with Gasteiger partial charge in [0.2, 0.25) is 0 Å². The number of aromatic nitrogens is 1. The molecule has 0 spiro atoms. The summed E-state index contributed by atoms with van der Waals surface area (Å²) in [6.07, 6.45) is 3.15. The molecule has 0 amide bonds. The molecule has 2 heteroatoms. The lowest BCUT2D eigenvalue weighted by Crippen LogP contribution is -2.32. The first-order chi connectivity index (χ1) is 8.23. The van der Waals surface area contributed by atoms with E-state index in [1.165, 1.54) is 0 Å². The molecule has 0 atom stereocenters. The van der Waals surface area contributed by atoms with Crippen LogP contribution in [-0.4, -0.2) is 4.98 Å². The van der Waals surface area contributed by atoms with Gasteiger partial charge in [-0.05, 0) is 49.9 Å². The fourth-order valence-electron chi connectivity index (χ4n) is 2.52. The molecule has 1 fully saturated rings. The number of rotatable bonds is 1. The minimum absolute atomic E-state index is 0.223. The predicted molar refractivity (Wildman–Crippen MR) is 67.6 cm³/mol. The van der Waals surface area contributed by atoms with Crippen molar-refractivity contribution in [1.29, 1.82) is 5.26 Å². The lowest BCUT2D eigenvalue weighted by atomic mass is 9.65. The normalized spacial score (nSPS) is 17.4. The molecule has 0 aliphatic heterocycles. The van der Waals surface area contributed by atoms with E-state index in [0.29, 0.717) is 0 Å². The second-order valence-corrected chi connectivity index (χ2v) is 4.91. The largest absolute Gasteiger partial charge is 0.253 e. The average Bonchev–Trinajstić information content (AvgIpc) is 2.28. The number of nitriles is 1. The molecular weight excluding hydrogens is 208 g/mol. The molecule has 1 aliphatic carbocycles. The van der Waals surface area contributed by atoms with Crippen LogP contribution in [0.5, 0.6) is 0 Å². The van der Waals surface area contributed by atoms with Crippen molar-refractivity contribution >= 4 is 10.9 Å². The first kappa shape index (κ1) is 10.3. The van der Waals surface area contributed by atoms with Crippen LogP contribution in [0.1, 0.15) is 30.5 Å². The highest BCUT2D eigenvalue weighted by molar-refractivity contribution is 5.80. The number of hydrogen-bond donors (Lipinski definition) is 0. The molecular formula is C15H14N2. The van der Waals surface area contributed by atoms with Gasteiger partial charge in [0.1, 0.15) is 0 Å². The Labute approximate surface area is 101 Å². The average molecular weight is 222 g/mol. The van der Waals surface area contributed by atoms with Crippen molar-refractivity contribution in [1.82, 2.24) is 4.98 Å². The van der Waals surface area contributed by atoms with Crippen molar-refractivity contribution in [2.75, 3.05) is 0 Å². The van der Waals surface area contributed by atoms with E-state index in [9.17, 15) is 5.26 Å². The van der Waals surface area contributed by atoms with Crippen LogP contribution in [0.3, 0.4) is 0 Å². The number of aryl methyl sites for hydroxylation is 1. The molecule has 2 aromatic rings. The molecule has 1 aromatic heterocycles. The minimum Gasteiger partial charge on any atom is -0.253 e. The summed E-state index contributed by atoms with van der Waals surface area (Å²) in [6, 6.07) is 12.8. The SMILES string of the molecule is Cc1ccc2cc(C3(C#N)CCC3)ccc2n1. The van der Waals surface area contributed by atoms with Gasteiger partial charge in [0.15, 0.2) is 0 Å². The second-order valence-electron chi connectivity index (χ2n) is 4.91. The summed E-state index contributed by atoms with van der Waals surface area (Å²) in [4.78, 5) is 4.49. The summed E-state index contributed by atoms with van der Waals surface area (Å²) >= 11 is 0. The second kappa shape index (κ2) is 3.56. The van der Waals surface area contributed by atoms with Gasteiger partial charge in [-0.1, -0.05) is 12.1 Å². The highest BCUT2D eigenvalue weighted by Gasteiger charge is 2.38. The summed E-state index contributed by atoms with van der Waals surface area (Å²) < 4.78 is 0. The van der Waals surface area contributed by atoms with E-state index in [0.717, 1.165) is 41.4 Å². The van der Waals surface area contributed by atoms with E-state index in [1.54, 1.807) is 0 Å². The smallest absolute Gasteiger partial charge is 0.0822 e. The van der Waals surface area contributed by atoms with Crippen LogP contribution in [0.15, 0.2) is 30.3 Å². The zero-order valence-corrected chi connectivity index (χ0v) is 9.90. The highest BCUT2D eigenvalue weighted by atomic mass is 14.7. The Kier molecular flexibility index (Phi) is 2.16. The molecule has 84 valence electrons. The topological polar surface area (TPSA) is 36.7 Å². The molecule has 1 heterocycles. The number of nitrogens with zero attached hydrogens (tertiary/aromatic N) is 2. The summed E-state index contributed by atoms with van der Waals surface area (Å²) in [5, 5.41) is 10.5. The lowest BCUT2D eigenvalue weighted by molar-refractivity contribution is 0.324. The van der Waals surface area contributed by atoms with Crippen molar-refractivity contribution in [3.63, 3.8) is 0 Å². The van der Waals surface area contributed by atoms with Gasteiger partial charge in [-0.15, -0.1) is 0 Å². The van der Waals surface area contributed by atoms with Crippen molar-refractivity contribution in [2.45, 2.75) is 31.6 Å². The van der Waals surface area contributed by atoms with Crippen molar-refractivity contribution < 1.29 is 0 Å². The van der Waals surface area contributed by atoms with E-state index in [1.807, 2.05) is 19.1 Å². The Bertz CT molecular complexity index is 618. The van der Waals surface area contributed by atoms with E-state index < -0.39 is 0 Å². The molecule has 1 saturated carbocycles. The first-order valence-corrected chi connectivity index (χ1v) is 6.03. The van der Waals surface area contributed by atoms with Crippen molar-refractivity contribution in [3.8, 4) is 6.07 Å². The Hall–Kier alpha value is -1.88. The number of benzene rings is 1. The number of pyridine rings is 1. The first-order valence-electron chi connectivity index (χ1n) is 6.03. The monoisotopic (exact) mass is 222 g/mol. The Morgan fingerprint density at radius 1 is 1.24 bits per heavy atom. The quantitative estimate of drug-likeness (QED) is 0.740. The van der Waals surface area contributed by atoms with Gasteiger partial charge in [-0.2, -0.15) is 5.26 Å². The van der Waals surface area contributed by atoms with Gasteiger partial charge in [0.25, 0.3) is 0 Å². The third-order valence-corrected chi connectivity index (χ3v) is 3.80. The maximum atomic E-state index is 9.34. The molecule has 0 N–H and O–H groups in total. The van der Waals surface area contributed by atoms with Crippen LogP contribution >= 0.6 is 0 Å². The fourth-order valence-corrected chi connectivity index (χ4v) is 2.52. The van der Waals surface area contributed by atoms with Gasteiger partial charge in [-0.3, -0.25) is 4.98 Å². The molecule has 0 saturated heterocycles. The zero-order chi connectivity index (χ0) is 11.9. The minimum atomic E-state index is -0.223. The Morgan fingerprint density at radius 3 is 2.71 bits per heavy atom. The highest BCUT2D eigenvalue weighted by Crippen LogP contribution is 2.43. The molecule has 0 unspecified atom stereocenters. The number of hydrogen-bond acceptors (Lipinski definition) is 2. The van der Waals surface area contributed by atoms with Crippen LogP contribution < -0.4 is 0 Å². The van der Waals surface area contributed by atoms with Gasteiger partial charge < -0.3 is 0 Å². The van der Waals surface area contributed by atoms with Crippen molar-refractivity contribution in [3.05, 3.63) is 41.6 Å². The predicted octanol–water partition coefficient (Wildman–Crippen LogP) is 3.49. The van der Waals surface area contributed by atoms with E-state index in [-0.39, 0.29) is 5.41 Å². The molecule has 1 aromatic carbocycles. The molecule has 2 nitrogen and oxygen atoms in total. The maximum Gasteiger partial charge on any atom is 0.0822 e. The molecule has 0 radical (unpaired) electrons. The maximum absolute atomic E-state index is 9.34. The van der Waals surface area contributed by atoms with E-state index >= 15 is 0 Å². The van der Waals surface area contributed by atoms with Crippen LogP contribution in [-0.2, 0) is 5.41 Å². The lowest BCUT2D eigenvalue weighted by Gasteiger charge is -2.35. The summed E-state index contributed by atoms with van der Waals surface area (Å²) in [5.41, 5.74) is 2.98. The fraction of sp³-hybridized carbons (Fsp3) is 0.333. The summed E-state index contributed by atoms with van der Waals surface area (Å²) in [5.74, 6) is 0. The molecule has 0 bridgehead atoms. The van der Waals surface area contributed by atoms with Crippen LogP contribution in [0.2, 0.25) is 0 Å². The van der Waals surface area contributed by atoms with Crippen LogP contribution in [0.25, 0.3) is 10.9 Å². The Balaban J connectivity index is 2.14. The standard InChI is InChI=1S/C15H14N2/c1-11-3-4-12-9-13(5-6-14(12)17-11)15(10-16)7-2-8-15/h3-6,9H,2,7-8H2,1H3. The van der Waals surface area contributed by atoms with Crippen LogP contribution in [0, 0.1) is 18.3 Å². The summed E-state index contributed by atoms with van der Waals surface area (Å²) in [7, 11) is 0. The van der Waals surface area contributed by atoms with Gasteiger partial charge >= 0.3 is 0 Å². The number of fused-ring (bicyclic) bond motifs is 1. The third kappa shape index (κ3) is 1.51. The van der Waals surface area contributed by atoms with Crippen molar-refractivity contribution in [2.24, 2.45) is 0 Å². The van der Waals surface area contributed by atoms with E-state index in [2.05, 4.69) is 29.3 Å². The zero-order valence-electron chi connectivity index (χ0n) is 9.90. The van der Waals surface area contributed by atoms with Crippen LogP contribution in [0.4, 0.5) is 0 Å². The van der Waals surface area contributed by atoms with Gasteiger partial charge in [0.05, 0.1) is 17.0 Å². The third-order valence-electron chi connectivity index (χ3n) is 3.80. The van der Waals surface area contributed by atoms with Gasteiger partial charge in [-0.25, -0.2) is 0 Å². The molecule has 1 aliphatic rings. The Morgan fingerprint density at radius 2 is 2.06 bits per heavy atom. The molecule has 3 rings (SSSR count).